The number of carbonyl (C=O) groups excluding carboxylic acids is 3. The molecule has 0 aliphatic carbocycles. The molecule has 128 valence electrons. The number of rotatable bonds is 3. The minimum atomic E-state index is -0.512. The highest BCUT2D eigenvalue weighted by Gasteiger charge is 2.28. The summed E-state index contributed by atoms with van der Waals surface area (Å²) < 4.78 is 0. The van der Waals surface area contributed by atoms with Crippen molar-refractivity contribution in [2.75, 3.05) is 18.9 Å². The van der Waals surface area contributed by atoms with Gasteiger partial charge in [-0.05, 0) is 37.5 Å². The number of fused-ring (bicyclic) bond motifs is 1. The molecule has 0 bridgehead atoms. The summed E-state index contributed by atoms with van der Waals surface area (Å²) in [6.45, 7) is 2.98. The Bertz CT molecular complexity index is 686. The van der Waals surface area contributed by atoms with E-state index in [4.69, 9.17) is 0 Å². The molecule has 2 heterocycles. The van der Waals surface area contributed by atoms with E-state index in [2.05, 4.69) is 5.32 Å². The van der Waals surface area contributed by atoms with E-state index in [0.717, 1.165) is 24.8 Å². The molecule has 2 aliphatic rings. The van der Waals surface area contributed by atoms with Crippen LogP contribution in [0.5, 0.6) is 0 Å². The van der Waals surface area contributed by atoms with E-state index >= 15 is 0 Å². The number of nitrogens with one attached hydrogen (secondary N) is 1. The van der Waals surface area contributed by atoms with Crippen LogP contribution in [0.4, 0.5) is 5.69 Å². The van der Waals surface area contributed by atoms with Gasteiger partial charge in [0.15, 0.2) is 0 Å². The molecule has 6 nitrogen and oxygen atoms in total. The monoisotopic (exact) mass is 329 g/mol. The van der Waals surface area contributed by atoms with Crippen molar-refractivity contribution in [2.24, 2.45) is 0 Å². The smallest absolute Gasteiger partial charge is 0.254 e. The molecule has 1 N–H and O–H groups in total. The molecule has 1 atom stereocenters. The molecule has 0 aromatic heterocycles. The van der Waals surface area contributed by atoms with E-state index in [1.807, 2.05) is 6.07 Å². The van der Waals surface area contributed by atoms with Gasteiger partial charge in [0.2, 0.25) is 11.8 Å². The fourth-order valence-electron chi connectivity index (χ4n) is 3.33. The zero-order chi connectivity index (χ0) is 17.3. The molecular formula is C18H23N3O3. The lowest BCUT2D eigenvalue weighted by molar-refractivity contribution is -0.137. The van der Waals surface area contributed by atoms with Crippen LogP contribution < -0.4 is 5.32 Å². The summed E-state index contributed by atoms with van der Waals surface area (Å²) in [6, 6.07) is 4.88. The lowest BCUT2D eigenvalue weighted by Crippen LogP contribution is -2.45. The number of anilines is 1. The second-order valence-electron chi connectivity index (χ2n) is 6.60. The Balaban J connectivity index is 1.71. The van der Waals surface area contributed by atoms with Gasteiger partial charge in [-0.25, -0.2) is 0 Å². The first kappa shape index (κ1) is 16.5. The minimum Gasteiger partial charge on any atom is -0.337 e. The maximum Gasteiger partial charge on any atom is 0.254 e. The highest BCUT2D eigenvalue weighted by Crippen LogP contribution is 2.25. The molecule has 2 aliphatic heterocycles. The Labute approximate surface area is 141 Å². The van der Waals surface area contributed by atoms with E-state index in [1.165, 1.54) is 0 Å². The normalized spacial score (nSPS) is 19.1. The highest BCUT2D eigenvalue weighted by atomic mass is 16.2. The van der Waals surface area contributed by atoms with Gasteiger partial charge in [-0.2, -0.15) is 0 Å². The van der Waals surface area contributed by atoms with Crippen molar-refractivity contribution in [3.63, 3.8) is 0 Å². The first-order valence-corrected chi connectivity index (χ1v) is 8.46. The zero-order valence-electron chi connectivity index (χ0n) is 14.2. The minimum absolute atomic E-state index is 0.0307. The summed E-state index contributed by atoms with van der Waals surface area (Å²) in [5.74, 6) is -0.207. The van der Waals surface area contributed by atoms with Gasteiger partial charge in [-0.3, -0.25) is 14.4 Å². The van der Waals surface area contributed by atoms with Crippen LogP contribution in [0, 0.1) is 0 Å². The molecule has 24 heavy (non-hydrogen) atoms. The maximum atomic E-state index is 12.5. The molecule has 1 unspecified atom stereocenters. The van der Waals surface area contributed by atoms with Crippen molar-refractivity contribution < 1.29 is 14.4 Å². The third kappa shape index (κ3) is 3.13. The van der Waals surface area contributed by atoms with Gasteiger partial charge in [0.05, 0.1) is 0 Å². The quantitative estimate of drug-likeness (QED) is 0.922. The number of hydrogen-bond donors (Lipinski definition) is 1. The van der Waals surface area contributed by atoms with Crippen molar-refractivity contribution in [2.45, 2.75) is 45.2 Å². The first-order chi connectivity index (χ1) is 11.5. The molecule has 1 saturated heterocycles. The van der Waals surface area contributed by atoms with E-state index in [1.54, 1.807) is 35.9 Å². The summed E-state index contributed by atoms with van der Waals surface area (Å²) in [5.41, 5.74) is 2.20. The van der Waals surface area contributed by atoms with E-state index in [9.17, 15) is 14.4 Å². The highest BCUT2D eigenvalue weighted by molar-refractivity contribution is 6.01. The van der Waals surface area contributed by atoms with Gasteiger partial charge in [0.1, 0.15) is 6.04 Å². The average Bonchev–Trinajstić information content (AvgIpc) is 2.73. The van der Waals surface area contributed by atoms with Gasteiger partial charge < -0.3 is 15.1 Å². The lowest BCUT2D eigenvalue weighted by atomic mass is 10.1. The number of carbonyl (C=O) groups is 3. The van der Waals surface area contributed by atoms with Crippen LogP contribution >= 0.6 is 0 Å². The zero-order valence-corrected chi connectivity index (χ0v) is 14.2. The van der Waals surface area contributed by atoms with E-state index < -0.39 is 6.04 Å². The number of benzene rings is 1. The molecule has 0 saturated carbocycles. The van der Waals surface area contributed by atoms with Crippen LogP contribution in [-0.4, -0.2) is 47.2 Å². The number of amides is 3. The summed E-state index contributed by atoms with van der Waals surface area (Å²) in [5, 5.41) is 2.84. The van der Waals surface area contributed by atoms with Crippen LogP contribution in [0.3, 0.4) is 0 Å². The molecule has 3 rings (SSSR count). The topological polar surface area (TPSA) is 69.7 Å². The number of likely N-dealkylation sites (tertiary alicyclic amines) is 1. The largest absolute Gasteiger partial charge is 0.337 e. The number of nitrogens with zero attached hydrogens (tertiary/aromatic N) is 2. The summed E-state index contributed by atoms with van der Waals surface area (Å²) in [4.78, 5) is 40.0. The molecule has 0 radical (unpaired) electrons. The first-order valence-electron chi connectivity index (χ1n) is 8.46. The summed E-state index contributed by atoms with van der Waals surface area (Å²) in [6.07, 6.45) is 3.36. The summed E-state index contributed by atoms with van der Waals surface area (Å²) in [7, 11) is 1.76. The molecule has 1 aromatic carbocycles. The van der Waals surface area contributed by atoms with Crippen LogP contribution in [-0.2, 0) is 16.1 Å². The molecule has 3 amide bonds. The van der Waals surface area contributed by atoms with Crippen LogP contribution in [0.2, 0.25) is 0 Å². The molecule has 6 heteroatoms. The molecular weight excluding hydrogens is 306 g/mol. The third-order valence-electron chi connectivity index (χ3n) is 4.82. The van der Waals surface area contributed by atoms with E-state index in [-0.39, 0.29) is 17.7 Å². The Morgan fingerprint density at radius 1 is 1.21 bits per heavy atom. The van der Waals surface area contributed by atoms with Crippen LogP contribution in [0.1, 0.15) is 48.5 Å². The lowest BCUT2D eigenvalue weighted by Gasteiger charge is -2.27. The predicted octanol–water partition coefficient (Wildman–Crippen LogP) is 2.00. The third-order valence-corrected chi connectivity index (χ3v) is 4.82. The fourth-order valence-corrected chi connectivity index (χ4v) is 3.33. The average molecular weight is 329 g/mol. The van der Waals surface area contributed by atoms with Crippen molar-refractivity contribution in [3.8, 4) is 0 Å². The van der Waals surface area contributed by atoms with Crippen LogP contribution in [0.15, 0.2) is 18.2 Å². The Morgan fingerprint density at radius 3 is 2.79 bits per heavy atom. The number of hydrogen-bond acceptors (Lipinski definition) is 3. The van der Waals surface area contributed by atoms with Gasteiger partial charge in [-0.15, -0.1) is 0 Å². The van der Waals surface area contributed by atoms with Crippen molar-refractivity contribution in [1.29, 1.82) is 0 Å². The molecule has 0 spiro atoms. The van der Waals surface area contributed by atoms with Crippen LogP contribution in [0.25, 0.3) is 0 Å². The second-order valence-corrected chi connectivity index (χ2v) is 6.60. The van der Waals surface area contributed by atoms with Gasteiger partial charge >= 0.3 is 0 Å². The van der Waals surface area contributed by atoms with Gasteiger partial charge in [-0.1, -0.05) is 12.5 Å². The van der Waals surface area contributed by atoms with E-state index in [0.29, 0.717) is 30.8 Å². The second kappa shape index (κ2) is 6.63. The molecule has 1 fully saturated rings. The van der Waals surface area contributed by atoms with Crippen molar-refractivity contribution >= 4 is 23.4 Å². The van der Waals surface area contributed by atoms with Crippen molar-refractivity contribution in [3.05, 3.63) is 29.3 Å². The van der Waals surface area contributed by atoms with Gasteiger partial charge in [0, 0.05) is 37.8 Å². The predicted molar refractivity (Wildman–Crippen MR) is 90.5 cm³/mol. The standard InChI is InChI=1S/C18H23N3O3/c1-12(21-9-5-3-4-6-16(21)22)17(23)19-14-8-7-13-11-20(2)18(24)15(13)10-14/h7-8,10,12H,3-6,9,11H2,1-2H3,(H,19,23). The van der Waals surface area contributed by atoms with Crippen molar-refractivity contribution in [1.82, 2.24) is 9.80 Å². The maximum absolute atomic E-state index is 12.5. The summed E-state index contributed by atoms with van der Waals surface area (Å²) >= 11 is 0. The Kier molecular flexibility index (Phi) is 4.55. The Morgan fingerprint density at radius 2 is 2.00 bits per heavy atom. The SMILES string of the molecule is CC(C(=O)Nc1ccc2c(c1)C(=O)N(C)C2)N1CCCCCC1=O. The van der Waals surface area contributed by atoms with Gasteiger partial charge in [0.25, 0.3) is 5.91 Å². The fraction of sp³-hybridized carbons (Fsp3) is 0.500. The molecule has 1 aromatic rings. The Hall–Kier alpha value is -2.37.